The highest BCUT2D eigenvalue weighted by Crippen LogP contribution is 2.27. The molecule has 0 radical (unpaired) electrons. The Bertz CT molecular complexity index is 339. The first-order valence-electron chi connectivity index (χ1n) is 5.72. The highest BCUT2D eigenvalue weighted by atomic mass is 35.5. The molecule has 2 atom stereocenters. The van der Waals surface area contributed by atoms with Gasteiger partial charge in [0.05, 0.1) is 6.61 Å². The average molecular weight is 242 g/mol. The minimum absolute atomic E-state index is 0.0642. The molecule has 0 bridgehead atoms. The number of benzene rings is 1. The van der Waals surface area contributed by atoms with Crippen LogP contribution in [0, 0.1) is 5.92 Å². The first-order valence-corrected chi connectivity index (χ1v) is 6.10. The van der Waals surface area contributed by atoms with Crippen LogP contribution >= 0.6 is 11.6 Å². The van der Waals surface area contributed by atoms with Gasteiger partial charge in [-0.05, 0) is 31.0 Å². The zero-order chi connectivity index (χ0) is 12.1. The highest BCUT2D eigenvalue weighted by molar-refractivity contribution is 6.30. The van der Waals surface area contributed by atoms with Crippen LogP contribution in [0.1, 0.15) is 38.8 Å². The van der Waals surface area contributed by atoms with Crippen molar-refractivity contribution in [3.63, 3.8) is 0 Å². The molecule has 0 fully saturated rings. The molecule has 3 heteroatoms. The minimum Gasteiger partial charge on any atom is -0.493 e. The van der Waals surface area contributed by atoms with Crippen molar-refractivity contribution in [1.82, 2.24) is 0 Å². The van der Waals surface area contributed by atoms with Crippen molar-refractivity contribution in [2.24, 2.45) is 11.7 Å². The molecule has 0 aliphatic heterocycles. The molecule has 0 aliphatic carbocycles. The van der Waals surface area contributed by atoms with Gasteiger partial charge in [-0.2, -0.15) is 0 Å². The molecule has 0 heterocycles. The highest BCUT2D eigenvalue weighted by Gasteiger charge is 2.10. The van der Waals surface area contributed by atoms with E-state index in [-0.39, 0.29) is 6.04 Å². The maximum atomic E-state index is 5.94. The van der Waals surface area contributed by atoms with Crippen LogP contribution in [0.2, 0.25) is 5.02 Å². The molecule has 0 aromatic heterocycles. The molecular formula is C13H20ClNO. The Morgan fingerprint density at radius 2 is 2.06 bits per heavy atom. The Hall–Kier alpha value is -0.730. The minimum atomic E-state index is -0.0642. The van der Waals surface area contributed by atoms with E-state index in [1.165, 1.54) is 0 Å². The zero-order valence-electron chi connectivity index (χ0n) is 10.2. The lowest BCUT2D eigenvalue weighted by atomic mass is 10.1. The van der Waals surface area contributed by atoms with Crippen LogP contribution in [0.4, 0.5) is 0 Å². The molecule has 2 nitrogen and oxygen atoms in total. The van der Waals surface area contributed by atoms with Crippen molar-refractivity contribution in [2.75, 3.05) is 6.61 Å². The number of hydrogen-bond donors (Lipinski definition) is 1. The van der Waals surface area contributed by atoms with Gasteiger partial charge in [0, 0.05) is 16.6 Å². The van der Waals surface area contributed by atoms with E-state index >= 15 is 0 Å². The summed E-state index contributed by atoms with van der Waals surface area (Å²) in [5.74, 6) is 1.40. The second-order valence-corrected chi connectivity index (χ2v) is 4.73. The Kier molecular flexibility index (Phi) is 5.10. The molecule has 1 rings (SSSR count). The quantitative estimate of drug-likeness (QED) is 0.852. The van der Waals surface area contributed by atoms with Gasteiger partial charge in [0.2, 0.25) is 0 Å². The number of rotatable bonds is 5. The molecule has 0 spiro atoms. The van der Waals surface area contributed by atoms with Crippen LogP contribution < -0.4 is 10.5 Å². The Morgan fingerprint density at radius 1 is 1.38 bits per heavy atom. The third-order valence-electron chi connectivity index (χ3n) is 2.68. The van der Waals surface area contributed by atoms with E-state index in [1.54, 1.807) is 0 Å². The van der Waals surface area contributed by atoms with Gasteiger partial charge in [-0.15, -0.1) is 0 Å². The standard InChI is InChI=1S/C13H20ClNO/c1-4-9(2)8-16-13-6-5-11(14)7-12(13)10(3)15/h5-7,9-10H,4,8,15H2,1-3H3. The van der Waals surface area contributed by atoms with E-state index in [2.05, 4.69) is 13.8 Å². The summed E-state index contributed by atoms with van der Waals surface area (Å²) in [6, 6.07) is 5.53. The summed E-state index contributed by atoms with van der Waals surface area (Å²) >= 11 is 5.94. The van der Waals surface area contributed by atoms with Crippen LogP contribution in [-0.4, -0.2) is 6.61 Å². The maximum Gasteiger partial charge on any atom is 0.124 e. The Balaban J connectivity index is 2.78. The molecule has 16 heavy (non-hydrogen) atoms. The fourth-order valence-corrected chi connectivity index (χ4v) is 1.54. The number of ether oxygens (including phenoxy) is 1. The molecule has 2 N–H and O–H groups in total. The lowest BCUT2D eigenvalue weighted by Gasteiger charge is -2.16. The van der Waals surface area contributed by atoms with Gasteiger partial charge in [-0.3, -0.25) is 0 Å². The molecule has 90 valence electrons. The lowest BCUT2D eigenvalue weighted by molar-refractivity contribution is 0.253. The van der Waals surface area contributed by atoms with Gasteiger partial charge in [-0.25, -0.2) is 0 Å². The van der Waals surface area contributed by atoms with Gasteiger partial charge in [-0.1, -0.05) is 31.9 Å². The smallest absolute Gasteiger partial charge is 0.124 e. The van der Waals surface area contributed by atoms with Crippen molar-refractivity contribution in [2.45, 2.75) is 33.2 Å². The molecule has 1 aromatic rings. The maximum absolute atomic E-state index is 5.94. The lowest BCUT2D eigenvalue weighted by Crippen LogP contribution is -2.12. The summed E-state index contributed by atoms with van der Waals surface area (Å²) in [7, 11) is 0. The molecule has 1 aromatic carbocycles. The zero-order valence-corrected chi connectivity index (χ0v) is 10.9. The fraction of sp³-hybridized carbons (Fsp3) is 0.538. The Morgan fingerprint density at radius 3 is 2.62 bits per heavy atom. The first-order chi connectivity index (χ1) is 7.54. The van der Waals surface area contributed by atoms with E-state index < -0.39 is 0 Å². The van der Waals surface area contributed by atoms with E-state index in [4.69, 9.17) is 22.1 Å². The van der Waals surface area contributed by atoms with Crippen LogP contribution in [0.3, 0.4) is 0 Å². The average Bonchev–Trinajstić information content (AvgIpc) is 2.26. The van der Waals surface area contributed by atoms with Crippen LogP contribution in [0.25, 0.3) is 0 Å². The molecule has 0 aliphatic rings. The monoisotopic (exact) mass is 241 g/mol. The van der Waals surface area contributed by atoms with Gasteiger partial charge in [0.25, 0.3) is 0 Å². The van der Waals surface area contributed by atoms with Crippen molar-refractivity contribution < 1.29 is 4.74 Å². The van der Waals surface area contributed by atoms with Crippen molar-refractivity contribution in [3.8, 4) is 5.75 Å². The van der Waals surface area contributed by atoms with E-state index in [1.807, 2.05) is 25.1 Å². The summed E-state index contributed by atoms with van der Waals surface area (Å²) in [5.41, 5.74) is 6.85. The third kappa shape index (κ3) is 3.69. The summed E-state index contributed by atoms with van der Waals surface area (Å²) < 4.78 is 5.77. The predicted octanol–water partition coefficient (Wildman–Crippen LogP) is 3.78. The summed E-state index contributed by atoms with van der Waals surface area (Å²) in [6.45, 7) is 6.98. The van der Waals surface area contributed by atoms with Crippen molar-refractivity contribution >= 4 is 11.6 Å². The van der Waals surface area contributed by atoms with E-state index in [0.29, 0.717) is 10.9 Å². The van der Waals surface area contributed by atoms with E-state index in [0.717, 1.165) is 24.3 Å². The van der Waals surface area contributed by atoms with Gasteiger partial charge in [0.15, 0.2) is 0 Å². The van der Waals surface area contributed by atoms with Gasteiger partial charge < -0.3 is 10.5 Å². The molecule has 0 saturated carbocycles. The first kappa shape index (κ1) is 13.3. The van der Waals surface area contributed by atoms with Crippen LogP contribution in [0.5, 0.6) is 5.75 Å². The van der Waals surface area contributed by atoms with Crippen molar-refractivity contribution in [3.05, 3.63) is 28.8 Å². The predicted molar refractivity (Wildman–Crippen MR) is 69.0 cm³/mol. The van der Waals surface area contributed by atoms with Gasteiger partial charge in [0.1, 0.15) is 5.75 Å². The third-order valence-corrected chi connectivity index (χ3v) is 2.92. The van der Waals surface area contributed by atoms with Crippen LogP contribution in [0.15, 0.2) is 18.2 Å². The number of nitrogens with two attached hydrogens (primary N) is 1. The van der Waals surface area contributed by atoms with Crippen LogP contribution in [-0.2, 0) is 0 Å². The van der Waals surface area contributed by atoms with Crippen molar-refractivity contribution in [1.29, 1.82) is 0 Å². The topological polar surface area (TPSA) is 35.2 Å². The summed E-state index contributed by atoms with van der Waals surface area (Å²) in [4.78, 5) is 0. The summed E-state index contributed by atoms with van der Waals surface area (Å²) in [6.07, 6.45) is 1.11. The Labute approximate surface area is 103 Å². The second kappa shape index (κ2) is 6.12. The normalized spacial score (nSPS) is 14.6. The summed E-state index contributed by atoms with van der Waals surface area (Å²) in [5, 5.41) is 0.697. The SMILES string of the molecule is CCC(C)COc1ccc(Cl)cc1C(C)N. The second-order valence-electron chi connectivity index (χ2n) is 4.30. The molecular weight excluding hydrogens is 222 g/mol. The molecule has 0 amide bonds. The number of halogens is 1. The molecule has 2 unspecified atom stereocenters. The van der Waals surface area contributed by atoms with Gasteiger partial charge >= 0.3 is 0 Å². The van der Waals surface area contributed by atoms with E-state index in [9.17, 15) is 0 Å². The fourth-order valence-electron chi connectivity index (χ4n) is 1.36. The number of hydrogen-bond acceptors (Lipinski definition) is 2. The largest absolute Gasteiger partial charge is 0.493 e. The molecule has 0 saturated heterocycles.